The summed E-state index contributed by atoms with van der Waals surface area (Å²) < 4.78 is 0. The van der Waals surface area contributed by atoms with Crippen LogP contribution in [0.5, 0.6) is 0 Å². The smallest absolute Gasteiger partial charge is 0.0467 e. The molecule has 0 spiro atoms. The summed E-state index contributed by atoms with van der Waals surface area (Å²) in [5, 5.41) is 0. The van der Waals surface area contributed by atoms with E-state index >= 15 is 0 Å². The molecule has 97 valence electrons. The van der Waals surface area contributed by atoms with E-state index in [0.717, 1.165) is 0 Å². The molecule has 0 rings (SSSR count). The number of rotatable bonds is 8. The fourth-order valence-electron chi connectivity index (χ4n) is 1.01. The number of hydrogen-bond acceptors (Lipinski definition) is 0. The van der Waals surface area contributed by atoms with E-state index in [1.165, 1.54) is 6.08 Å². The lowest BCUT2D eigenvalue weighted by Gasteiger charge is -1.75. The van der Waals surface area contributed by atoms with Gasteiger partial charge in [0.15, 0.2) is 0 Å². The zero-order chi connectivity index (χ0) is 14.0. The van der Waals surface area contributed by atoms with Gasteiger partial charge in [0.05, 0.1) is 0 Å². The van der Waals surface area contributed by atoms with Crippen molar-refractivity contribution in [3.63, 3.8) is 0 Å². The summed E-state index contributed by atoms with van der Waals surface area (Å²) in [7, 11) is 0. The Morgan fingerprint density at radius 1 is 0.421 bits per heavy atom. The summed E-state index contributed by atoms with van der Waals surface area (Å²) in [6.45, 7) is 7.18. The topological polar surface area (TPSA) is 0 Å². The minimum Gasteiger partial charge on any atom is -0.0877 e. The first-order valence-corrected chi connectivity index (χ1v) is 6.24. The largest absolute Gasteiger partial charge is 0.0877 e. The van der Waals surface area contributed by atoms with Crippen LogP contribution in [-0.4, -0.2) is 0 Å². The minimum absolute atomic E-state index is 1.50. The molecule has 0 aromatic rings. The summed E-state index contributed by atoms with van der Waals surface area (Å²) in [5.74, 6) is 0. The third-order valence-corrected chi connectivity index (χ3v) is 1.86. The zero-order valence-electron chi connectivity index (χ0n) is 11.4. The fourth-order valence-corrected chi connectivity index (χ4v) is 1.01. The molecule has 0 aromatic carbocycles. The van der Waals surface area contributed by atoms with E-state index < -0.39 is 0 Å². The molecule has 0 aliphatic heterocycles. The van der Waals surface area contributed by atoms with Gasteiger partial charge >= 0.3 is 0 Å². The molecular weight excluding hydrogens is 228 g/mol. The molecule has 0 saturated carbocycles. The molecule has 19 heavy (non-hydrogen) atoms. The molecule has 0 aliphatic carbocycles. The highest BCUT2D eigenvalue weighted by Gasteiger charge is 1.64. The van der Waals surface area contributed by atoms with Gasteiger partial charge < -0.3 is 0 Å². The summed E-state index contributed by atoms with van der Waals surface area (Å²) in [4.78, 5) is 0. The van der Waals surface area contributed by atoms with E-state index in [4.69, 9.17) is 6.58 Å². The Labute approximate surface area is 117 Å². The second-order valence-electron chi connectivity index (χ2n) is 3.41. The molecule has 0 fully saturated rings. The highest BCUT2D eigenvalue weighted by Crippen LogP contribution is 1.85. The Balaban J connectivity index is 3.84. The van der Waals surface area contributed by atoms with Gasteiger partial charge in [-0.15, -0.1) is 0 Å². The minimum atomic E-state index is 1.50. The first-order valence-electron chi connectivity index (χ1n) is 6.24. The molecule has 0 unspecified atom stereocenters. The normalized spacial score (nSPS) is 14.2. The first-order chi connectivity index (χ1) is 9.41. The molecule has 0 bridgehead atoms. The second kappa shape index (κ2) is 15.7. The van der Waals surface area contributed by atoms with E-state index in [1.54, 1.807) is 6.08 Å². The van der Waals surface area contributed by atoms with Crippen molar-refractivity contribution in [1.29, 1.82) is 0 Å². The van der Waals surface area contributed by atoms with Crippen LogP contribution in [0.25, 0.3) is 0 Å². The maximum absolute atomic E-state index is 5.19. The van der Waals surface area contributed by atoms with Gasteiger partial charge in [-0.2, -0.15) is 0 Å². The molecule has 0 N–H and O–H groups in total. The van der Waals surface area contributed by atoms with E-state index in [-0.39, 0.29) is 0 Å². The van der Waals surface area contributed by atoms with Crippen LogP contribution in [0.3, 0.4) is 0 Å². The Morgan fingerprint density at radius 2 is 0.684 bits per heavy atom. The van der Waals surface area contributed by atoms with E-state index in [0.29, 0.717) is 0 Å². The van der Waals surface area contributed by atoms with Crippen molar-refractivity contribution >= 4 is 0 Å². The van der Waals surface area contributed by atoms with Crippen LogP contribution >= 0.6 is 0 Å². The average Bonchev–Trinajstić information content (AvgIpc) is 2.43. The van der Waals surface area contributed by atoms with Crippen molar-refractivity contribution in [3.8, 4) is 0 Å². The van der Waals surface area contributed by atoms with E-state index in [2.05, 4.69) is 0 Å². The lowest BCUT2D eigenvalue weighted by Crippen LogP contribution is -1.53. The van der Waals surface area contributed by atoms with Crippen LogP contribution in [0.1, 0.15) is 6.92 Å². The third-order valence-electron chi connectivity index (χ3n) is 1.86. The molecule has 1 radical (unpaired) electrons. The Bertz CT molecular complexity index is 433. The lowest BCUT2D eigenvalue weighted by molar-refractivity contribution is 1.73. The standard InChI is InChI=1S/C19H21/c1-3-5-7-9-11-13-15-17-19-18-16-14-12-10-8-6-4-2/h1,3-19H,2H3. The van der Waals surface area contributed by atoms with Crippen molar-refractivity contribution < 1.29 is 0 Å². The van der Waals surface area contributed by atoms with Gasteiger partial charge in [0.1, 0.15) is 0 Å². The van der Waals surface area contributed by atoms with Gasteiger partial charge in [-0.05, 0) is 6.92 Å². The quantitative estimate of drug-likeness (QED) is 0.502. The molecular formula is C19H21. The van der Waals surface area contributed by atoms with Gasteiger partial charge in [-0.3, -0.25) is 0 Å². The first kappa shape index (κ1) is 16.7. The fraction of sp³-hybridized carbons (Fsp3) is 0.0526. The zero-order valence-corrected chi connectivity index (χ0v) is 11.4. The second-order valence-corrected chi connectivity index (χ2v) is 3.41. The maximum atomic E-state index is 5.19. The van der Waals surface area contributed by atoms with Crippen molar-refractivity contribution in [3.05, 3.63) is 110 Å². The van der Waals surface area contributed by atoms with Gasteiger partial charge in [0, 0.05) is 0 Å². The highest BCUT2D eigenvalue weighted by molar-refractivity contribution is 5.21. The van der Waals surface area contributed by atoms with Gasteiger partial charge in [0.2, 0.25) is 0 Å². The molecule has 0 aliphatic rings. The lowest BCUT2D eigenvalue weighted by atomic mass is 10.3. The van der Waals surface area contributed by atoms with Crippen molar-refractivity contribution in [2.75, 3.05) is 0 Å². The maximum Gasteiger partial charge on any atom is -0.0467 e. The predicted molar refractivity (Wildman–Crippen MR) is 87.7 cm³/mol. The molecule has 0 heterocycles. The molecule has 0 saturated heterocycles. The molecule has 0 aromatic heterocycles. The summed E-state index contributed by atoms with van der Waals surface area (Å²) in [6.07, 6.45) is 32.8. The van der Waals surface area contributed by atoms with Crippen molar-refractivity contribution in [2.24, 2.45) is 0 Å². The average molecular weight is 249 g/mol. The van der Waals surface area contributed by atoms with Crippen LogP contribution in [0, 0.1) is 6.58 Å². The summed E-state index contributed by atoms with van der Waals surface area (Å²) in [5.41, 5.74) is 0. The Morgan fingerprint density at radius 3 is 0.947 bits per heavy atom. The predicted octanol–water partition coefficient (Wildman–Crippen LogP) is 5.45. The summed E-state index contributed by atoms with van der Waals surface area (Å²) >= 11 is 0. The van der Waals surface area contributed by atoms with E-state index in [9.17, 15) is 0 Å². The van der Waals surface area contributed by atoms with Crippen LogP contribution in [-0.2, 0) is 0 Å². The third kappa shape index (κ3) is 15.7. The van der Waals surface area contributed by atoms with Crippen LogP contribution in [0.4, 0.5) is 0 Å². The van der Waals surface area contributed by atoms with Crippen LogP contribution < -0.4 is 0 Å². The van der Waals surface area contributed by atoms with Gasteiger partial charge in [0.25, 0.3) is 0 Å². The van der Waals surface area contributed by atoms with Crippen LogP contribution in [0.15, 0.2) is 103 Å². The number of hydrogen-bond donors (Lipinski definition) is 0. The van der Waals surface area contributed by atoms with Gasteiger partial charge in [-0.25, -0.2) is 0 Å². The molecule has 0 amide bonds. The van der Waals surface area contributed by atoms with Gasteiger partial charge in [-0.1, -0.05) is 110 Å². The molecule has 0 heteroatoms. The summed E-state index contributed by atoms with van der Waals surface area (Å²) in [6, 6.07) is 0. The van der Waals surface area contributed by atoms with E-state index in [1.807, 2.05) is 98.1 Å². The highest BCUT2D eigenvalue weighted by atomic mass is 13.7. The van der Waals surface area contributed by atoms with Crippen LogP contribution in [0.2, 0.25) is 0 Å². The van der Waals surface area contributed by atoms with Crippen molar-refractivity contribution in [1.82, 2.24) is 0 Å². The SMILES string of the molecule is [CH]=CC=CC=CC=CC=CC=CC=CC=CC=CC. The Hall–Kier alpha value is -2.34. The van der Waals surface area contributed by atoms with Crippen molar-refractivity contribution in [2.45, 2.75) is 6.92 Å². The monoisotopic (exact) mass is 249 g/mol. The Kier molecular flexibility index (Phi) is 13.7. The molecule has 0 atom stereocenters. The molecule has 0 nitrogen and oxygen atoms in total. The number of allylic oxidation sites excluding steroid dienone is 17.